The molecule has 2 nitrogen and oxygen atoms in total. The van der Waals surface area contributed by atoms with Crippen LogP contribution in [0.1, 0.15) is 18.6 Å². The Bertz CT molecular complexity index is 698. The van der Waals surface area contributed by atoms with E-state index in [1.807, 2.05) is 18.2 Å². The summed E-state index contributed by atoms with van der Waals surface area (Å²) in [5.41, 5.74) is 1.99. The van der Waals surface area contributed by atoms with Gasteiger partial charge in [0.15, 0.2) is 0 Å². The molecule has 0 radical (unpaired) electrons. The molecule has 0 amide bonds. The lowest BCUT2D eigenvalue weighted by Crippen LogP contribution is -2.23. The van der Waals surface area contributed by atoms with E-state index < -0.39 is 8.07 Å². The van der Waals surface area contributed by atoms with E-state index >= 15 is 0 Å². The Morgan fingerprint density at radius 2 is 1.77 bits per heavy atom. The van der Waals surface area contributed by atoms with Gasteiger partial charge in [-0.1, -0.05) is 62.6 Å². The first-order chi connectivity index (χ1) is 10.3. The molecule has 0 fully saturated rings. The van der Waals surface area contributed by atoms with Gasteiger partial charge in [0, 0.05) is 15.0 Å². The number of fused-ring (bicyclic) bond motifs is 1. The Balaban J connectivity index is 2.38. The minimum absolute atomic E-state index is 0.269. The van der Waals surface area contributed by atoms with Crippen LogP contribution >= 0.6 is 0 Å². The van der Waals surface area contributed by atoms with Crippen LogP contribution < -0.4 is 0 Å². The van der Waals surface area contributed by atoms with Gasteiger partial charge in [-0.05, 0) is 34.0 Å². The third-order valence-corrected chi connectivity index (χ3v) is 5.00. The summed E-state index contributed by atoms with van der Waals surface area (Å²) in [5, 5.41) is 2.33. The van der Waals surface area contributed by atoms with Crippen LogP contribution in [0.3, 0.4) is 0 Å². The highest BCUT2D eigenvalue weighted by atomic mass is 28.3. The van der Waals surface area contributed by atoms with Gasteiger partial charge in [0.1, 0.15) is 6.10 Å². The van der Waals surface area contributed by atoms with Crippen molar-refractivity contribution in [3.8, 4) is 0 Å². The molecule has 2 aromatic rings. The second-order valence-corrected chi connectivity index (χ2v) is 12.5. The number of carbonyl (C=O) groups is 1. The first-order valence-corrected chi connectivity index (χ1v) is 11.3. The van der Waals surface area contributed by atoms with Gasteiger partial charge in [0.05, 0.1) is 0 Å². The highest BCUT2D eigenvalue weighted by Gasteiger charge is 2.24. The summed E-state index contributed by atoms with van der Waals surface area (Å²) in [4.78, 5) is 11.5. The monoisotopic (exact) mass is 312 g/mol. The second kappa shape index (κ2) is 6.49. The van der Waals surface area contributed by atoms with Gasteiger partial charge in [0.2, 0.25) is 0 Å². The lowest BCUT2D eigenvalue weighted by atomic mass is 10.00. The molecule has 22 heavy (non-hydrogen) atoms. The molecule has 116 valence electrons. The van der Waals surface area contributed by atoms with Gasteiger partial charge in [-0.2, -0.15) is 0 Å². The molecular formula is C19H24O2Si. The van der Waals surface area contributed by atoms with Crippen molar-refractivity contribution in [2.45, 2.75) is 38.7 Å². The maximum absolute atomic E-state index is 11.5. The van der Waals surface area contributed by atoms with E-state index in [2.05, 4.69) is 50.5 Å². The molecule has 1 unspecified atom stereocenters. The van der Waals surface area contributed by atoms with E-state index in [-0.39, 0.29) is 12.1 Å². The highest BCUT2D eigenvalue weighted by molar-refractivity contribution is 6.76. The minimum Gasteiger partial charge on any atom is -0.453 e. The van der Waals surface area contributed by atoms with Crippen LogP contribution in [0.4, 0.5) is 0 Å². The van der Waals surface area contributed by atoms with E-state index in [1.54, 1.807) is 0 Å². The molecule has 0 aliphatic heterocycles. The molecule has 0 aliphatic carbocycles. The number of hydrogen-bond acceptors (Lipinski definition) is 2. The van der Waals surface area contributed by atoms with E-state index in [9.17, 15) is 4.79 Å². The number of benzene rings is 2. The normalized spacial score (nSPS) is 12.9. The lowest BCUT2D eigenvalue weighted by molar-refractivity contribution is -0.144. The van der Waals surface area contributed by atoms with Crippen molar-refractivity contribution in [3.63, 3.8) is 0 Å². The van der Waals surface area contributed by atoms with Gasteiger partial charge in [0.25, 0.3) is 0 Å². The number of rotatable bonds is 5. The summed E-state index contributed by atoms with van der Waals surface area (Å²) in [7, 11) is -1.31. The molecule has 0 aliphatic rings. The van der Waals surface area contributed by atoms with Crippen LogP contribution in [0.15, 0.2) is 54.6 Å². The van der Waals surface area contributed by atoms with Gasteiger partial charge in [-0.25, -0.2) is 0 Å². The molecule has 3 heteroatoms. The molecule has 0 N–H and O–H groups in total. The molecule has 2 rings (SSSR count). The molecule has 0 heterocycles. The predicted octanol–water partition coefficient (Wildman–Crippen LogP) is 5.34. The SMILES string of the molecule is C=C(C[Si](C)(C)C)C(OC(C)=O)c1ccc2ccccc2c1. The molecule has 0 saturated heterocycles. The van der Waals surface area contributed by atoms with Gasteiger partial charge in [-0.3, -0.25) is 4.79 Å². The topological polar surface area (TPSA) is 26.3 Å². The fourth-order valence-corrected chi connectivity index (χ4v) is 4.25. The van der Waals surface area contributed by atoms with Crippen molar-refractivity contribution < 1.29 is 9.53 Å². The molecule has 0 bridgehead atoms. The maximum Gasteiger partial charge on any atom is 0.303 e. The molecular weight excluding hydrogens is 288 g/mol. The van der Waals surface area contributed by atoms with Crippen LogP contribution in [0.25, 0.3) is 10.8 Å². The van der Waals surface area contributed by atoms with Crippen molar-refractivity contribution >= 4 is 24.8 Å². The Hall–Kier alpha value is -1.87. The minimum atomic E-state index is -1.31. The Morgan fingerprint density at radius 1 is 1.14 bits per heavy atom. The zero-order valence-corrected chi connectivity index (χ0v) is 14.8. The third kappa shape index (κ3) is 4.31. The quantitative estimate of drug-likeness (QED) is 0.423. The van der Waals surface area contributed by atoms with Crippen molar-refractivity contribution in [2.24, 2.45) is 0 Å². The Labute approximate surface area is 133 Å². The zero-order chi connectivity index (χ0) is 16.3. The predicted molar refractivity (Wildman–Crippen MR) is 95.7 cm³/mol. The Kier molecular flexibility index (Phi) is 4.86. The highest BCUT2D eigenvalue weighted by Crippen LogP contribution is 2.32. The van der Waals surface area contributed by atoms with Crippen molar-refractivity contribution in [2.75, 3.05) is 0 Å². The van der Waals surface area contributed by atoms with Crippen LogP contribution in [0.5, 0.6) is 0 Å². The summed E-state index contributed by atoms with van der Waals surface area (Å²) in [5.74, 6) is -0.269. The molecule has 0 saturated carbocycles. The number of esters is 1. The lowest BCUT2D eigenvalue weighted by Gasteiger charge is -2.25. The van der Waals surface area contributed by atoms with Gasteiger partial charge in [-0.15, -0.1) is 0 Å². The standard InChI is InChI=1S/C19H24O2Si/c1-14(13-22(3,4)5)19(21-15(2)20)18-11-10-16-8-6-7-9-17(16)12-18/h6-12,19H,1,13H2,2-5H3. The molecule has 2 aromatic carbocycles. The summed E-state index contributed by atoms with van der Waals surface area (Å²) < 4.78 is 5.58. The van der Waals surface area contributed by atoms with Crippen molar-refractivity contribution in [1.29, 1.82) is 0 Å². The van der Waals surface area contributed by atoms with Crippen LogP contribution in [0, 0.1) is 0 Å². The third-order valence-electron chi connectivity index (χ3n) is 3.49. The average molecular weight is 312 g/mol. The van der Waals surface area contributed by atoms with Crippen molar-refractivity contribution in [1.82, 2.24) is 0 Å². The van der Waals surface area contributed by atoms with E-state index in [0.29, 0.717) is 0 Å². The first kappa shape index (κ1) is 16.5. The average Bonchev–Trinajstić information content (AvgIpc) is 2.42. The largest absolute Gasteiger partial charge is 0.453 e. The summed E-state index contributed by atoms with van der Waals surface area (Å²) in [6, 6.07) is 15.3. The van der Waals surface area contributed by atoms with E-state index in [4.69, 9.17) is 4.74 Å². The van der Waals surface area contributed by atoms with E-state index in [1.165, 1.54) is 12.3 Å². The number of ether oxygens (including phenoxy) is 1. The first-order valence-electron chi connectivity index (χ1n) is 7.60. The molecule has 1 atom stereocenters. The smallest absolute Gasteiger partial charge is 0.303 e. The summed E-state index contributed by atoms with van der Waals surface area (Å²) in [6.07, 6.45) is -0.353. The van der Waals surface area contributed by atoms with Crippen molar-refractivity contribution in [3.05, 3.63) is 60.2 Å². The fraction of sp³-hybridized carbons (Fsp3) is 0.316. The molecule has 0 spiro atoms. The summed E-state index contributed by atoms with van der Waals surface area (Å²) >= 11 is 0. The number of hydrogen-bond donors (Lipinski definition) is 0. The summed E-state index contributed by atoms with van der Waals surface area (Å²) in [6.45, 7) is 12.5. The van der Waals surface area contributed by atoms with Gasteiger partial charge >= 0.3 is 5.97 Å². The van der Waals surface area contributed by atoms with Crippen LogP contribution in [-0.2, 0) is 9.53 Å². The van der Waals surface area contributed by atoms with Crippen LogP contribution in [-0.4, -0.2) is 14.0 Å². The van der Waals surface area contributed by atoms with Crippen LogP contribution in [0.2, 0.25) is 25.7 Å². The maximum atomic E-state index is 11.5. The van der Waals surface area contributed by atoms with Gasteiger partial charge < -0.3 is 4.74 Å². The zero-order valence-electron chi connectivity index (χ0n) is 13.8. The Morgan fingerprint density at radius 3 is 2.36 bits per heavy atom. The second-order valence-electron chi connectivity index (χ2n) is 6.99. The number of carbonyl (C=O) groups excluding carboxylic acids is 1. The van der Waals surface area contributed by atoms with E-state index in [0.717, 1.165) is 22.6 Å². The fourth-order valence-electron chi connectivity index (χ4n) is 2.70. The molecule has 0 aromatic heterocycles.